The van der Waals surface area contributed by atoms with Gasteiger partial charge in [-0.05, 0) is 51.8 Å². The molecule has 110 valence electrons. The molecule has 0 aliphatic heterocycles. The van der Waals surface area contributed by atoms with E-state index in [1.54, 1.807) is 0 Å². The number of hydrogen-bond donors (Lipinski definition) is 2. The van der Waals surface area contributed by atoms with Crippen LogP contribution in [0.4, 0.5) is 5.82 Å². The second-order valence-electron chi connectivity index (χ2n) is 3.76. The van der Waals surface area contributed by atoms with Crippen molar-refractivity contribution in [2.45, 2.75) is 4.90 Å². The number of benzene rings is 1. The first-order valence-electron chi connectivity index (χ1n) is 5.34. The SMILES string of the molecule is O=C(O)c1cc(S(=O)(=O)Nc2ccnc(Cl)n2)ccc1Br. The van der Waals surface area contributed by atoms with Crippen LogP contribution in [0.2, 0.25) is 5.28 Å². The minimum atomic E-state index is -3.99. The highest BCUT2D eigenvalue weighted by Gasteiger charge is 2.19. The van der Waals surface area contributed by atoms with Crippen LogP contribution in [0.3, 0.4) is 0 Å². The highest BCUT2D eigenvalue weighted by atomic mass is 79.9. The summed E-state index contributed by atoms with van der Waals surface area (Å²) in [5.74, 6) is -1.27. The van der Waals surface area contributed by atoms with Crippen LogP contribution in [-0.2, 0) is 10.0 Å². The number of carbonyl (C=O) groups is 1. The van der Waals surface area contributed by atoms with Gasteiger partial charge in [0.05, 0.1) is 10.5 Å². The zero-order valence-electron chi connectivity index (χ0n) is 10.1. The molecule has 0 bridgehead atoms. The first-order valence-corrected chi connectivity index (χ1v) is 7.99. The maximum Gasteiger partial charge on any atom is 0.336 e. The molecule has 2 rings (SSSR count). The normalized spacial score (nSPS) is 11.1. The van der Waals surface area contributed by atoms with Gasteiger partial charge in [-0.25, -0.2) is 18.2 Å². The van der Waals surface area contributed by atoms with Gasteiger partial charge in [0.25, 0.3) is 10.0 Å². The number of anilines is 1. The van der Waals surface area contributed by atoms with E-state index in [-0.39, 0.29) is 26.0 Å². The maximum absolute atomic E-state index is 12.2. The van der Waals surface area contributed by atoms with Crippen molar-refractivity contribution in [3.8, 4) is 0 Å². The molecule has 0 aliphatic rings. The number of halogens is 2. The van der Waals surface area contributed by atoms with E-state index in [0.717, 1.165) is 6.07 Å². The van der Waals surface area contributed by atoms with E-state index in [9.17, 15) is 13.2 Å². The fourth-order valence-corrected chi connectivity index (χ4v) is 3.01. The third-order valence-corrected chi connectivity index (χ3v) is 4.57. The number of aromatic carboxylic acids is 1. The Morgan fingerprint density at radius 3 is 2.67 bits per heavy atom. The molecule has 0 atom stereocenters. The molecule has 7 nitrogen and oxygen atoms in total. The highest BCUT2D eigenvalue weighted by Crippen LogP contribution is 2.22. The van der Waals surface area contributed by atoms with Gasteiger partial charge >= 0.3 is 5.97 Å². The number of rotatable bonds is 4. The summed E-state index contributed by atoms with van der Waals surface area (Å²) in [5.41, 5.74) is -0.168. The molecular weight excluding hydrogens is 386 g/mol. The number of sulfonamides is 1. The lowest BCUT2D eigenvalue weighted by Gasteiger charge is -2.08. The largest absolute Gasteiger partial charge is 0.478 e. The van der Waals surface area contributed by atoms with E-state index in [1.165, 1.54) is 24.4 Å². The van der Waals surface area contributed by atoms with E-state index in [0.29, 0.717) is 0 Å². The molecular formula is C11H7BrClN3O4S. The van der Waals surface area contributed by atoms with E-state index in [1.807, 2.05) is 0 Å². The summed E-state index contributed by atoms with van der Waals surface area (Å²) in [6.45, 7) is 0. The quantitative estimate of drug-likeness (QED) is 0.773. The Labute approximate surface area is 133 Å². The standard InChI is InChI=1S/C11H7BrClN3O4S/c12-8-2-1-6(5-7(8)10(17)18)21(19,20)16-9-3-4-14-11(13)15-9/h1-5H,(H,17,18)(H,14,15,16). The second-order valence-corrected chi connectivity index (χ2v) is 6.64. The summed E-state index contributed by atoms with van der Waals surface area (Å²) in [5, 5.41) is 8.88. The van der Waals surface area contributed by atoms with Crippen LogP contribution >= 0.6 is 27.5 Å². The lowest BCUT2D eigenvalue weighted by molar-refractivity contribution is 0.0695. The number of carboxylic acids is 1. The van der Waals surface area contributed by atoms with Gasteiger partial charge in [-0.1, -0.05) is 0 Å². The fourth-order valence-electron chi connectivity index (χ4n) is 1.42. The average Bonchev–Trinajstić information content (AvgIpc) is 2.38. The summed E-state index contributed by atoms with van der Waals surface area (Å²) in [7, 11) is -3.99. The van der Waals surface area contributed by atoms with Gasteiger partial charge in [0, 0.05) is 10.7 Å². The van der Waals surface area contributed by atoms with Crippen molar-refractivity contribution < 1.29 is 18.3 Å². The third kappa shape index (κ3) is 3.69. The molecule has 0 radical (unpaired) electrons. The summed E-state index contributed by atoms with van der Waals surface area (Å²) >= 11 is 8.61. The van der Waals surface area contributed by atoms with Gasteiger partial charge in [-0.15, -0.1) is 0 Å². The zero-order valence-corrected chi connectivity index (χ0v) is 13.3. The highest BCUT2D eigenvalue weighted by molar-refractivity contribution is 9.10. The van der Waals surface area contributed by atoms with Crippen molar-refractivity contribution in [2.75, 3.05) is 4.72 Å². The molecule has 1 heterocycles. The van der Waals surface area contributed by atoms with Crippen molar-refractivity contribution in [2.24, 2.45) is 0 Å². The minimum absolute atomic E-state index is 0.0187. The Bertz CT molecular complexity index is 813. The minimum Gasteiger partial charge on any atom is -0.478 e. The molecule has 2 aromatic rings. The summed E-state index contributed by atoms with van der Waals surface area (Å²) in [6, 6.07) is 4.96. The predicted molar refractivity (Wildman–Crippen MR) is 79.0 cm³/mol. The van der Waals surface area contributed by atoms with Gasteiger partial charge in [-0.3, -0.25) is 4.72 Å². The molecule has 0 fully saturated rings. The van der Waals surface area contributed by atoms with Crippen LogP contribution in [0.15, 0.2) is 39.8 Å². The van der Waals surface area contributed by atoms with Crippen molar-refractivity contribution >= 4 is 49.3 Å². The van der Waals surface area contributed by atoms with Gasteiger partial charge in [0.2, 0.25) is 5.28 Å². The lowest BCUT2D eigenvalue weighted by atomic mass is 10.2. The molecule has 0 amide bonds. The molecule has 0 aliphatic carbocycles. The Morgan fingerprint density at radius 2 is 2.05 bits per heavy atom. The van der Waals surface area contributed by atoms with E-state index >= 15 is 0 Å². The summed E-state index contributed by atoms with van der Waals surface area (Å²) < 4.78 is 26.8. The van der Waals surface area contributed by atoms with Gasteiger partial charge in [0.15, 0.2) is 0 Å². The maximum atomic E-state index is 12.2. The number of aromatic nitrogens is 2. The zero-order chi connectivity index (χ0) is 15.6. The topological polar surface area (TPSA) is 109 Å². The molecule has 1 aromatic carbocycles. The Hall–Kier alpha value is -1.71. The Morgan fingerprint density at radius 1 is 1.33 bits per heavy atom. The Balaban J connectivity index is 2.40. The summed E-state index contributed by atoms with van der Waals surface area (Å²) in [4.78, 5) is 18.1. The first kappa shape index (κ1) is 15.7. The average molecular weight is 393 g/mol. The monoisotopic (exact) mass is 391 g/mol. The molecule has 10 heteroatoms. The third-order valence-electron chi connectivity index (χ3n) is 2.34. The van der Waals surface area contributed by atoms with Crippen LogP contribution in [0.1, 0.15) is 10.4 Å². The smallest absolute Gasteiger partial charge is 0.336 e. The second kappa shape index (κ2) is 5.96. The number of carboxylic acid groups (broad SMARTS) is 1. The van der Waals surface area contributed by atoms with Gasteiger partial charge < -0.3 is 5.11 Å². The van der Waals surface area contributed by atoms with Crippen LogP contribution in [0, 0.1) is 0 Å². The van der Waals surface area contributed by atoms with Crippen LogP contribution in [0.5, 0.6) is 0 Å². The number of nitrogens with one attached hydrogen (secondary N) is 1. The molecule has 0 saturated carbocycles. The Kier molecular flexibility index (Phi) is 4.45. The van der Waals surface area contributed by atoms with Crippen molar-refractivity contribution in [1.82, 2.24) is 9.97 Å². The van der Waals surface area contributed by atoms with E-state index in [4.69, 9.17) is 16.7 Å². The van der Waals surface area contributed by atoms with E-state index < -0.39 is 16.0 Å². The fraction of sp³-hybridized carbons (Fsp3) is 0. The van der Waals surface area contributed by atoms with Crippen molar-refractivity contribution in [3.63, 3.8) is 0 Å². The van der Waals surface area contributed by atoms with Crippen LogP contribution < -0.4 is 4.72 Å². The molecule has 0 spiro atoms. The number of nitrogens with zero attached hydrogens (tertiary/aromatic N) is 2. The summed E-state index contributed by atoms with van der Waals surface area (Å²) in [6.07, 6.45) is 1.29. The van der Waals surface area contributed by atoms with Crippen molar-refractivity contribution in [3.05, 3.63) is 45.8 Å². The molecule has 2 N–H and O–H groups in total. The lowest BCUT2D eigenvalue weighted by Crippen LogP contribution is -2.15. The molecule has 1 aromatic heterocycles. The first-order chi connectivity index (χ1) is 9.79. The van der Waals surface area contributed by atoms with E-state index in [2.05, 4.69) is 30.6 Å². The van der Waals surface area contributed by atoms with Crippen LogP contribution in [0.25, 0.3) is 0 Å². The van der Waals surface area contributed by atoms with Gasteiger partial charge in [0.1, 0.15) is 5.82 Å². The molecule has 0 saturated heterocycles. The number of hydrogen-bond acceptors (Lipinski definition) is 5. The molecule has 21 heavy (non-hydrogen) atoms. The van der Waals surface area contributed by atoms with Crippen molar-refractivity contribution in [1.29, 1.82) is 0 Å². The molecule has 0 unspecified atom stereocenters. The van der Waals surface area contributed by atoms with Crippen LogP contribution in [-0.4, -0.2) is 29.5 Å². The predicted octanol–water partition coefficient (Wildman–Crippen LogP) is 2.39. The van der Waals surface area contributed by atoms with Gasteiger partial charge in [-0.2, -0.15) is 4.98 Å².